The minimum Gasteiger partial charge on any atom is -0.334 e. The fourth-order valence-electron chi connectivity index (χ4n) is 2.65. The van der Waals surface area contributed by atoms with E-state index in [-0.39, 0.29) is 11.5 Å². The number of para-hydroxylation sites is 2. The molecule has 0 aliphatic rings. The van der Waals surface area contributed by atoms with Gasteiger partial charge in [-0.1, -0.05) is 12.1 Å². The predicted octanol–water partition coefficient (Wildman–Crippen LogP) is 2.02. The third kappa shape index (κ3) is 2.88. The van der Waals surface area contributed by atoms with Crippen LogP contribution in [0.1, 0.15) is 23.1 Å². The van der Waals surface area contributed by atoms with Crippen molar-refractivity contribution in [1.82, 2.24) is 19.4 Å². The minimum atomic E-state index is -0.225. The van der Waals surface area contributed by atoms with E-state index in [1.165, 1.54) is 18.3 Å². The van der Waals surface area contributed by atoms with Gasteiger partial charge in [0.1, 0.15) is 5.82 Å². The molecule has 0 aliphatic heterocycles. The highest BCUT2D eigenvalue weighted by atomic mass is 16.2. The van der Waals surface area contributed by atoms with Crippen LogP contribution in [0.25, 0.3) is 11.0 Å². The first-order valence-electron chi connectivity index (χ1n) is 7.48. The summed E-state index contributed by atoms with van der Waals surface area (Å²) in [6.07, 6.45) is 1.43. The molecular formula is C17H18N4O2. The number of carbonyl (C=O) groups excluding carboxylic acids is 1. The van der Waals surface area contributed by atoms with Crippen LogP contribution in [0.15, 0.2) is 47.4 Å². The highest BCUT2D eigenvalue weighted by Gasteiger charge is 2.16. The molecule has 0 saturated carbocycles. The van der Waals surface area contributed by atoms with Crippen LogP contribution < -0.4 is 5.56 Å². The summed E-state index contributed by atoms with van der Waals surface area (Å²) < 4.78 is 2.10. The Morgan fingerprint density at radius 1 is 1.26 bits per heavy atom. The van der Waals surface area contributed by atoms with Gasteiger partial charge in [0.15, 0.2) is 0 Å². The van der Waals surface area contributed by atoms with Gasteiger partial charge in [0, 0.05) is 25.9 Å². The zero-order valence-electron chi connectivity index (χ0n) is 13.1. The van der Waals surface area contributed by atoms with Crippen molar-refractivity contribution < 1.29 is 4.79 Å². The number of hydrogen-bond acceptors (Lipinski definition) is 3. The molecule has 1 amide bonds. The van der Waals surface area contributed by atoms with Gasteiger partial charge in [0.2, 0.25) is 5.56 Å². The van der Waals surface area contributed by atoms with Crippen LogP contribution in [-0.2, 0) is 13.1 Å². The second-order valence-electron chi connectivity index (χ2n) is 5.36. The van der Waals surface area contributed by atoms with E-state index >= 15 is 0 Å². The van der Waals surface area contributed by atoms with Gasteiger partial charge in [-0.3, -0.25) is 9.59 Å². The maximum absolute atomic E-state index is 12.4. The lowest BCUT2D eigenvalue weighted by Crippen LogP contribution is -2.28. The van der Waals surface area contributed by atoms with Crippen molar-refractivity contribution in [3.8, 4) is 0 Å². The summed E-state index contributed by atoms with van der Waals surface area (Å²) in [4.78, 5) is 32.3. The maximum atomic E-state index is 12.4. The number of imidazole rings is 1. The van der Waals surface area contributed by atoms with Crippen molar-refractivity contribution in [2.45, 2.75) is 20.0 Å². The van der Waals surface area contributed by atoms with Crippen molar-refractivity contribution in [3.05, 3.63) is 64.3 Å². The molecule has 6 nitrogen and oxygen atoms in total. The van der Waals surface area contributed by atoms with Crippen LogP contribution in [0.5, 0.6) is 0 Å². The SMILES string of the molecule is CCn1c(CN(C)C(=O)c2ccc(=O)[nH]c2)nc2ccccc21. The highest BCUT2D eigenvalue weighted by molar-refractivity contribution is 5.93. The van der Waals surface area contributed by atoms with Gasteiger partial charge in [-0.15, -0.1) is 0 Å². The molecule has 0 unspecified atom stereocenters. The van der Waals surface area contributed by atoms with Gasteiger partial charge in [-0.2, -0.15) is 0 Å². The topological polar surface area (TPSA) is 71.0 Å². The quantitative estimate of drug-likeness (QED) is 0.801. The molecule has 0 saturated heterocycles. The number of aromatic amines is 1. The van der Waals surface area contributed by atoms with Crippen molar-refractivity contribution in [2.24, 2.45) is 0 Å². The second-order valence-corrected chi connectivity index (χ2v) is 5.36. The molecule has 6 heteroatoms. The third-order valence-electron chi connectivity index (χ3n) is 3.81. The van der Waals surface area contributed by atoms with E-state index in [9.17, 15) is 9.59 Å². The van der Waals surface area contributed by atoms with Crippen molar-refractivity contribution in [3.63, 3.8) is 0 Å². The predicted molar refractivity (Wildman–Crippen MR) is 88.3 cm³/mol. The van der Waals surface area contributed by atoms with E-state index in [0.717, 1.165) is 23.4 Å². The molecule has 3 aromatic rings. The molecule has 0 spiro atoms. The Hall–Kier alpha value is -2.89. The summed E-state index contributed by atoms with van der Waals surface area (Å²) in [5, 5.41) is 0. The van der Waals surface area contributed by atoms with Crippen LogP contribution in [0.4, 0.5) is 0 Å². The van der Waals surface area contributed by atoms with E-state index in [1.54, 1.807) is 11.9 Å². The number of carbonyl (C=O) groups is 1. The molecule has 0 bridgehead atoms. The first kappa shape index (κ1) is 15.0. The molecule has 0 atom stereocenters. The minimum absolute atomic E-state index is 0.157. The average molecular weight is 310 g/mol. The maximum Gasteiger partial charge on any atom is 0.255 e. The first-order valence-corrected chi connectivity index (χ1v) is 7.48. The van der Waals surface area contributed by atoms with E-state index in [0.29, 0.717) is 12.1 Å². The molecule has 1 N–H and O–H groups in total. The van der Waals surface area contributed by atoms with Gasteiger partial charge in [0.05, 0.1) is 23.1 Å². The molecule has 2 heterocycles. The molecule has 3 rings (SSSR count). The number of nitrogens with one attached hydrogen (secondary N) is 1. The number of aryl methyl sites for hydroxylation is 1. The number of H-pyrrole nitrogens is 1. The smallest absolute Gasteiger partial charge is 0.255 e. The number of rotatable bonds is 4. The number of fused-ring (bicyclic) bond motifs is 1. The number of hydrogen-bond donors (Lipinski definition) is 1. The number of nitrogens with zero attached hydrogens (tertiary/aromatic N) is 3. The standard InChI is InChI=1S/C17H18N4O2/c1-3-21-14-7-5-4-6-13(14)19-15(21)11-20(2)17(23)12-8-9-16(22)18-10-12/h4-10H,3,11H2,1-2H3,(H,18,22). The van der Waals surface area contributed by atoms with Crippen LogP contribution in [-0.4, -0.2) is 32.4 Å². The van der Waals surface area contributed by atoms with Crippen LogP contribution in [0, 0.1) is 0 Å². The first-order chi connectivity index (χ1) is 11.1. The van der Waals surface area contributed by atoms with Crippen LogP contribution in [0.2, 0.25) is 0 Å². The normalized spacial score (nSPS) is 10.9. The van der Waals surface area contributed by atoms with Gasteiger partial charge in [0.25, 0.3) is 5.91 Å². The van der Waals surface area contributed by atoms with E-state index in [4.69, 9.17) is 0 Å². The van der Waals surface area contributed by atoms with Crippen molar-refractivity contribution >= 4 is 16.9 Å². The Labute approximate surface area is 133 Å². The molecule has 1 aromatic carbocycles. The summed E-state index contributed by atoms with van der Waals surface area (Å²) in [6.45, 7) is 3.25. The zero-order valence-corrected chi connectivity index (χ0v) is 13.1. The Kier molecular flexibility index (Phi) is 3.97. The van der Waals surface area contributed by atoms with E-state index in [1.807, 2.05) is 24.3 Å². The van der Waals surface area contributed by atoms with Gasteiger partial charge >= 0.3 is 0 Å². The third-order valence-corrected chi connectivity index (χ3v) is 3.81. The molecule has 0 aliphatic carbocycles. The molecule has 2 aromatic heterocycles. The Morgan fingerprint density at radius 2 is 2.04 bits per heavy atom. The molecule has 0 radical (unpaired) electrons. The summed E-state index contributed by atoms with van der Waals surface area (Å²) in [5.74, 6) is 0.685. The van der Waals surface area contributed by atoms with Crippen molar-refractivity contribution in [2.75, 3.05) is 7.05 Å². The van der Waals surface area contributed by atoms with E-state index in [2.05, 4.69) is 21.5 Å². The second kappa shape index (κ2) is 6.08. The molecular weight excluding hydrogens is 292 g/mol. The van der Waals surface area contributed by atoms with Gasteiger partial charge in [-0.25, -0.2) is 4.98 Å². The lowest BCUT2D eigenvalue weighted by molar-refractivity contribution is 0.0780. The summed E-state index contributed by atoms with van der Waals surface area (Å²) in [7, 11) is 1.73. The Morgan fingerprint density at radius 3 is 2.74 bits per heavy atom. The van der Waals surface area contributed by atoms with E-state index < -0.39 is 0 Å². The fourth-order valence-corrected chi connectivity index (χ4v) is 2.65. The lowest BCUT2D eigenvalue weighted by atomic mass is 10.2. The van der Waals surface area contributed by atoms with Gasteiger partial charge in [-0.05, 0) is 25.1 Å². The van der Waals surface area contributed by atoms with Gasteiger partial charge < -0.3 is 14.5 Å². The summed E-state index contributed by atoms with van der Waals surface area (Å²) in [6, 6.07) is 10.8. The zero-order chi connectivity index (χ0) is 16.4. The largest absolute Gasteiger partial charge is 0.334 e. The molecule has 118 valence electrons. The molecule has 23 heavy (non-hydrogen) atoms. The summed E-state index contributed by atoms with van der Waals surface area (Å²) >= 11 is 0. The number of amides is 1. The molecule has 0 fully saturated rings. The highest BCUT2D eigenvalue weighted by Crippen LogP contribution is 2.17. The monoisotopic (exact) mass is 310 g/mol. The van der Waals surface area contributed by atoms with Crippen LogP contribution in [0.3, 0.4) is 0 Å². The Bertz CT molecular complexity index is 890. The summed E-state index contributed by atoms with van der Waals surface area (Å²) in [5.41, 5.74) is 2.22. The van der Waals surface area contributed by atoms with Crippen molar-refractivity contribution in [1.29, 1.82) is 0 Å². The Balaban J connectivity index is 1.87. The number of pyridine rings is 1. The van der Waals surface area contributed by atoms with Crippen LogP contribution >= 0.6 is 0 Å². The number of aromatic nitrogens is 3. The fraction of sp³-hybridized carbons (Fsp3) is 0.235. The lowest BCUT2D eigenvalue weighted by Gasteiger charge is -2.17. The number of benzene rings is 1. The average Bonchev–Trinajstić information content (AvgIpc) is 2.91.